The second kappa shape index (κ2) is 4.44. The van der Waals surface area contributed by atoms with Gasteiger partial charge in [0.1, 0.15) is 0 Å². The molecule has 0 aliphatic heterocycles. The molecular formula is C8H10N2. The van der Waals surface area contributed by atoms with Crippen LogP contribution in [0.1, 0.15) is 0 Å². The topological polar surface area (TPSA) is 36.2 Å². The number of nitrogens with zero attached hydrogens (tertiary/aromatic N) is 1. The summed E-state index contributed by atoms with van der Waals surface area (Å²) in [6.07, 6.45) is 4.66. The SMILES string of the molecule is C=CC(C=C)=C(C=C)N=N. The van der Waals surface area contributed by atoms with E-state index in [1.54, 1.807) is 12.2 Å². The van der Waals surface area contributed by atoms with Gasteiger partial charge in [0.05, 0.1) is 5.70 Å². The first-order valence-corrected chi connectivity index (χ1v) is 2.79. The molecule has 0 aromatic heterocycles. The Morgan fingerprint density at radius 1 is 1.10 bits per heavy atom. The van der Waals surface area contributed by atoms with Crippen LogP contribution in [0.15, 0.2) is 54.3 Å². The Morgan fingerprint density at radius 2 is 1.60 bits per heavy atom. The van der Waals surface area contributed by atoms with Crippen LogP contribution in [0.5, 0.6) is 0 Å². The smallest absolute Gasteiger partial charge is 0.0915 e. The van der Waals surface area contributed by atoms with Crippen LogP contribution in [-0.2, 0) is 0 Å². The van der Waals surface area contributed by atoms with Gasteiger partial charge in [-0.2, -0.15) is 5.11 Å². The van der Waals surface area contributed by atoms with Crippen molar-refractivity contribution in [3.05, 3.63) is 49.2 Å². The lowest BCUT2D eigenvalue weighted by Gasteiger charge is -1.93. The van der Waals surface area contributed by atoms with Crippen LogP contribution in [0.2, 0.25) is 0 Å². The van der Waals surface area contributed by atoms with Gasteiger partial charge < -0.3 is 0 Å². The zero-order chi connectivity index (χ0) is 7.98. The zero-order valence-electron chi connectivity index (χ0n) is 5.80. The molecule has 0 saturated carbocycles. The lowest BCUT2D eigenvalue weighted by Crippen LogP contribution is -1.76. The molecule has 2 heteroatoms. The van der Waals surface area contributed by atoms with Crippen LogP contribution in [-0.4, -0.2) is 0 Å². The van der Waals surface area contributed by atoms with Crippen LogP contribution < -0.4 is 0 Å². The molecule has 0 saturated heterocycles. The number of allylic oxidation sites excluding steroid dienone is 4. The molecule has 0 amide bonds. The maximum absolute atomic E-state index is 6.70. The van der Waals surface area contributed by atoms with Gasteiger partial charge in [-0.3, -0.25) is 0 Å². The van der Waals surface area contributed by atoms with E-state index in [0.29, 0.717) is 5.70 Å². The van der Waals surface area contributed by atoms with Gasteiger partial charge in [-0.05, 0) is 6.08 Å². The summed E-state index contributed by atoms with van der Waals surface area (Å²) in [7, 11) is 0. The molecule has 0 rings (SSSR count). The van der Waals surface area contributed by atoms with Gasteiger partial charge in [0.25, 0.3) is 0 Å². The molecule has 0 aliphatic rings. The van der Waals surface area contributed by atoms with E-state index in [9.17, 15) is 0 Å². The average molecular weight is 134 g/mol. The third kappa shape index (κ3) is 1.82. The molecule has 0 aliphatic carbocycles. The molecule has 0 unspecified atom stereocenters. The predicted octanol–water partition coefficient (Wildman–Crippen LogP) is 2.83. The fraction of sp³-hybridized carbons (Fsp3) is 0. The normalized spacial score (nSPS) is 7.60. The van der Waals surface area contributed by atoms with Gasteiger partial charge in [-0.15, -0.1) is 0 Å². The van der Waals surface area contributed by atoms with E-state index in [2.05, 4.69) is 24.9 Å². The monoisotopic (exact) mass is 134 g/mol. The number of hydrogen-bond acceptors (Lipinski definition) is 2. The van der Waals surface area contributed by atoms with Gasteiger partial charge in [0, 0.05) is 5.57 Å². The summed E-state index contributed by atoms with van der Waals surface area (Å²) in [5.74, 6) is 0. The summed E-state index contributed by atoms with van der Waals surface area (Å²) in [4.78, 5) is 0. The summed E-state index contributed by atoms with van der Waals surface area (Å²) in [6.45, 7) is 10.5. The Balaban J connectivity index is 4.85. The Hall–Kier alpha value is -1.44. The molecule has 1 N–H and O–H groups in total. The largest absolute Gasteiger partial charge is 0.204 e. The van der Waals surface area contributed by atoms with Crippen molar-refractivity contribution < 1.29 is 0 Å². The highest BCUT2D eigenvalue weighted by Gasteiger charge is 1.91. The molecule has 0 atom stereocenters. The van der Waals surface area contributed by atoms with Crippen molar-refractivity contribution in [3.8, 4) is 0 Å². The second-order valence-corrected chi connectivity index (χ2v) is 1.56. The third-order valence-electron chi connectivity index (χ3n) is 1.05. The Bertz CT molecular complexity index is 157. The molecule has 0 fully saturated rings. The Morgan fingerprint density at radius 3 is 1.70 bits per heavy atom. The van der Waals surface area contributed by atoms with E-state index in [1.807, 2.05) is 0 Å². The van der Waals surface area contributed by atoms with Gasteiger partial charge in [0.15, 0.2) is 0 Å². The molecule has 0 aromatic carbocycles. The Labute approximate surface area is 60.8 Å². The first-order valence-electron chi connectivity index (χ1n) is 2.79. The van der Waals surface area contributed by atoms with Gasteiger partial charge in [-0.1, -0.05) is 31.9 Å². The Kier molecular flexibility index (Phi) is 3.80. The highest BCUT2D eigenvalue weighted by Crippen LogP contribution is 2.08. The highest BCUT2D eigenvalue weighted by atomic mass is 15.0. The van der Waals surface area contributed by atoms with Crippen LogP contribution in [0.3, 0.4) is 0 Å². The van der Waals surface area contributed by atoms with Crippen LogP contribution in [0.25, 0.3) is 0 Å². The summed E-state index contributed by atoms with van der Waals surface area (Å²) < 4.78 is 0. The zero-order valence-corrected chi connectivity index (χ0v) is 5.80. The molecule has 0 heterocycles. The van der Waals surface area contributed by atoms with Crippen molar-refractivity contribution in [1.82, 2.24) is 0 Å². The molecule has 0 bridgehead atoms. The number of nitrogens with one attached hydrogen (secondary N) is 1. The lowest BCUT2D eigenvalue weighted by atomic mass is 10.2. The van der Waals surface area contributed by atoms with E-state index in [-0.39, 0.29) is 0 Å². The summed E-state index contributed by atoms with van der Waals surface area (Å²) in [5, 5.41) is 3.22. The quantitative estimate of drug-likeness (QED) is 0.453. The minimum Gasteiger partial charge on any atom is -0.204 e. The maximum atomic E-state index is 6.70. The fourth-order valence-electron chi connectivity index (χ4n) is 0.521. The standard InChI is InChI=1S/C8H10N2/c1-4-7(5-2)8(6-3)10-9/h4-6,9H,1-3H2. The minimum atomic E-state index is 0.491. The number of rotatable bonds is 4. The lowest BCUT2D eigenvalue weighted by molar-refractivity contribution is 1.08. The average Bonchev–Trinajstić information content (AvgIpc) is 2.00. The molecule has 2 nitrogen and oxygen atoms in total. The van der Waals surface area contributed by atoms with E-state index in [4.69, 9.17) is 5.53 Å². The molecule has 10 heavy (non-hydrogen) atoms. The predicted molar refractivity (Wildman–Crippen MR) is 42.8 cm³/mol. The van der Waals surface area contributed by atoms with E-state index in [0.717, 1.165) is 5.57 Å². The molecule has 0 spiro atoms. The molecule has 0 radical (unpaired) electrons. The van der Waals surface area contributed by atoms with Crippen molar-refractivity contribution in [3.63, 3.8) is 0 Å². The van der Waals surface area contributed by atoms with Crippen molar-refractivity contribution in [2.24, 2.45) is 5.11 Å². The molecule has 0 aromatic rings. The fourth-order valence-corrected chi connectivity index (χ4v) is 0.521. The summed E-state index contributed by atoms with van der Waals surface area (Å²) in [5.41, 5.74) is 7.91. The second-order valence-electron chi connectivity index (χ2n) is 1.56. The molecule has 52 valence electrons. The number of hydrogen-bond donors (Lipinski definition) is 1. The van der Waals surface area contributed by atoms with Crippen LogP contribution in [0, 0.1) is 5.53 Å². The van der Waals surface area contributed by atoms with Crippen LogP contribution in [0.4, 0.5) is 0 Å². The van der Waals surface area contributed by atoms with E-state index >= 15 is 0 Å². The summed E-state index contributed by atoms with van der Waals surface area (Å²) >= 11 is 0. The first-order chi connectivity index (χ1) is 4.79. The van der Waals surface area contributed by atoms with Crippen LogP contribution >= 0.6 is 0 Å². The van der Waals surface area contributed by atoms with Gasteiger partial charge in [0.2, 0.25) is 0 Å². The third-order valence-corrected chi connectivity index (χ3v) is 1.05. The highest BCUT2D eigenvalue weighted by molar-refractivity contribution is 5.37. The summed E-state index contributed by atoms with van der Waals surface area (Å²) in [6, 6.07) is 0. The molecular weight excluding hydrogens is 124 g/mol. The van der Waals surface area contributed by atoms with Gasteiger partial charge >= 0.3 is 0 Å². The van der Waals surface area contributed by atoms with Crippen molar-refractivity contribution in [2.75, 3.05) is 0 Å². The van der Waals surface area contributed by atoms with E-state index in [1.165, 1.54) is 6.08 Å². The van der Waals surface area contributed by atoms with Crippen molar-refractivity contribution in [2.45, 2.75) is 0 Å². The maximum Gasteiger partial charge on any atom is 0.0915 e. The first kappa shape index (κ1) is 8.56. The van der Waals surface area contributed by atoms with Crippen molar-refractivity contribution in [1.29, 1.82) is 5.53 Å². The minimum absolute atomic E-state index is 0.491. The van der Waals surface area contributed by atoms with E-state index < -0.39 is 0 Å². The van der Waals surface area contributed by atoms with Crippen molar-refractivity contribution >= 4 is 0 Å². The van der Waals surface area contributed by atoms with Gasteiger partial charge in [-0.25, -0.2) is 5.53 Å².